The molecule has 0 saturated heterocycles. The number of carbonyl (C=O) groups excluding carboxylic acids is 3. The summed E-state index contributed by atoms with van der Waals surface area (Å²) in [6.07, 6.45) is 6.59. The van der Waals surface area contributed by atoms with Gasteiger partial charge in [-0.2, -0.15) is 20.6 Å². The van der Waals surface area contributed by atoms with Crippen LogP contribution in [0.1, 0.15) is 203 Å². The van der Waals surface area contributed by atoms with Gasteiger partial charge in [-0.05, 0) is 138 Å². The number of aromatic nitrogens is 6. The van der Waals surface area contributed by atoms with Gasteiger partial charge in [0.25, 0.3) is 0 Å². The van der Waals surface area contributed by atoms with E-state index in [-0.39, 0.29) is 90.6 Å². The Morgan fingerprint density at radius 1 is 0.551 bits per heavy atom. The van der Waals surface area contributed by atoms with Crippen LogP contribution in [0.15, 0.2) is 72.8 Å². The molecule has 0 amide bonds. The second kappa shape index (κ2) is 32.1. The number of benzene rings is 3. The van der Waals surface area contributed by atoms with Crippen molar-refractivity contribution in [1.29, 1.82) is 5.26 Å². The number of hydrogen-bond donors (Lipinski definition) is 0. The van der Waals surface area contributed by atoms with Gasteiger partial charge in [-0.3, -0.25) is 28.4 Å². The molecular formula is C72H89ClKN9O6. The minimum atomic E-state index is -0.705. The molecule has 6 rings (SSSR count). The number of allylic oxidation sites excluding steroid dienone is 1. The Morgan fingerprint density at radius 2 is 0.854 bits per heavy atom. The molecule has 0 spiro atoms. The smallest absolute Gasteiger partial charge is 0.694 e. The first-order valence-electron chi connectivity index (χ1n) is 29.0. The predicted molar refractivity (Wildman–Crippen MR) is 353 cm³/mol. The van der Waals surface area contributed by atoms with Gasteiger partial charge in [0.05, 0.1) is 51.8 Å². The molecule has 15 nitrogen and oxygen atoms in total. The van der Waals surface area contributed by atoms with Crippen molar-refractivity contribution in [3.63, 3.8) is 0 Å². The number of carbonyl (C=O) groups is 3. The van der Waals surface area contributed by atoms with Gasteiger partial charge in [0.2, 0.25) is 11.4 Å². The van der Waals surface area contributed by atoms with Gasteiger partial charge in [-0.1, -0.05) is 154 Å². The molecular weight excluding hydrogens is 1160 g/mol. The molecule has 0 aliphatic heterocycles. The van der Waals surface area contributed by atoms with Gasteiger partial charge in [0.15, 0.2) is 17.3 Å². The van der Waals surface area contributed by atoms with E-state index in [9.17, 15) is 19.6 Å². The second-order valence-corrected chi connectivity index (χ2v) is 26.8. The summed E-state index contributed by atoms with van der Waals surface area (Å²) in [7, 11) is 5.30. The van der Waals surface area contributed by atoms with Gasteiger partial charge < -0.3 is 26.6 Å². The van der Waals surface area contributed by atoms with E-state index < -0.39 is 28.7 Å². The number of ether oxygens (including phenoxy) is 3. The number of rotatable bonds is 10. The average Bonchev–Trinajstić information content (AvgIpc) is 1.97. The monoisotopic (exact) mass is 1250 g/mol. The van der Waals surface area contributed by atoms with Crippen molar-refractivity contribution < 1.29 is 80.0 Å². The number of halogens is 1. The van der Waals surface area contributed by atoms with E-state index in [1.807, 2.05) is 113 Å². The Kier molecular flexibility index (Phi) is 28.1. The first-order chi connectivity index (χ1) is 40.5. The van der Waals surface area contributed by atoms with Crippen LogP contribution in [-0.4, -0.2) is 47.2 Å². The van der Waals surface area contributed by atoms with E-state index in [0.717, 1.165) is 28.1 Å². The number of aryl methyl sites for hydroxylation is 6. The fourth-order valence-corrected chi connectivity index (χ4v) is 8.97. The molecule has 0 bridgehead atoms. The molecule has 3 aromatic heterocycles. The van der Waals surface area contributed by atoms with Crippen molar-refractivity contribution >= 4 is 63.8 Å². The summed E-state index contributed by atoms with van der Waals surface area (Å²) in [5.41, 5.74) is 10.8. The molecule has 89 heavy (non-hydrogen) atoms. The van der Waals surface area contributed by atoms with Crippen molar-refractivity contribution in [2.45, 2.75) is 175 Å². The molecule has 0 aliphatic rings. The third kappa shape index (κ3) is 20.4. The van der Waals surface area contributed by atoms with Crippen LogP contribution in [0.3, 0.4) is 0 Å². The molecule has 0 N–H and O–H groups in total. The van der Waals surface area contributed by atoms with Crippen LogP contribution in [0.2, 0.25) is 5.02 Å². The zero-order valence-corrected chi connectivity index (χ0v) is 61.4. The third-order valence-corrected chi connectivity index (χ3v) is 14.4. The standard InChI is InChI=1S/2C24H31N3O2.C21H24ClN3O2.C3H3.K/c1-15-16(2)26-27(10)20(15)21(29-22(28)24(6,7)8)19(25-9)17-11-13-18(14-12-17)23(3,4)5;1-15-16(2)26-27(9)20(15)21(29-22(28)24(6,7)8)19(14-25)17-10-12-18(13-11-17)23(3,4)5;1-8-16-17(22)19(25(7)24-16)20(27-13(2)26)18(23-6)14-9-11-15(12-10-14)21(3,4)5;1-3-2;/h11-14H,1-8,10H3;10-13H,1-9H3;9-12H,8H2,1-5,7H3;1H3;/q;;;-1;+1/b2*21-19+;20-18+;;. The molecule has 466 valence electrons. The van der Waals surface area contributed by atoms with Crippen LogP contribution >= 0.6 is 11.6 Å². The summed E-state index contributed by atoms with van der Waals surface area (Å²) in [6, 6.07) is 25.6. The minimum Gasteiger partial charge on any atom is -0.694 e. The van der Waals surface area contributed by atoms with Crippen LogP contribution < -0.4 is 51.4 Å². The van der Waals surface area contributed by atoms with Crippen LogP contribution in [0.4, 0.5) is 0 Å². The summed E-state index contributed by atoms with van der Waals surface area (Å²) in [5.74, 6) is 1.32. The largest absolute Gasteiger partial charge is 1.00 e. The molecule has 0 atom stereocenters. The molecule has 3 aromatic carbocycles. The topological polar surface area (TPSA) is 165 Å². The van der Waals surface area contributed by atoms with Crippen molar-refractivity contribution in [3.05, 3.63) is 186 Å². The molecule has 0 radical (unpaired) electrons. The van der Waals surface area contributed by atoms with Crippen LogP contribution in [-0.2, 0) is 72.4 Å². The van der Waals surface area contributed by atoms with Crippen LogP contribution in [0, 0.1) is 75.3 Å². The summed E-state index contributed by atoms with van der Waals surface area (Å²) < 4.78 is 22.0. The van der Waals surface area contributed by atoms with E-state index >= 15 is 0 Å². The van der Waals surface area contributed by atoms with E-state index in [0.29, 0.717) is 62.2 Å². The quantitative estimate of drug-likeness (QED) is 0.0245. The van der Waals surface area contributed by atoms with E-state index in [2.05, 4.69) is 93.4 Å². The Labute approximate surface area is 578 Å². The van der Waals surface area contributed by atoms with Gasteiger partial charge in [-0.25, -0.2) is 9.69 Å². The first kappa shape index (κ1) is 78.0. The Bertz CT molecular complexity index is 3620. The number of esters is 3. The van der Waals surface area contributed by atoms with Gasteiger partial charge in [0.1, 0.15) is 23.0 Å². The van der Waals surface area contributed by atoms with Gasteiger partial charge in [0, 0.05) is 33.6 Å². The first-order valence-corrected chi connectivity index (χ1v) is 29.3. The van der Waals surface area contributed by atoms with Gasteiger partial charge in [-0.15, -0.1) is 0 Å². The van der Waals surface area contributed by atoms with Crippen LogP contribution in [0.25, 0.3) is 43.9 Å². The molecule has 3 heterocycles. The maximum Gasteiger partial charge on any atom is 1.00 e. The van der Waals surface area contributed by atoms with Crippen LogP contribution in [0.5, 0.6) is 0 Å². The average molecular weight is 1250 g/mol. The Morgan fingerprint density at radius 3 is 1.11 bits per heavy atom. The van der Waals surface area contributed by atoms with Crippen molar-refractivity contribution in [3.8, 4) is 12.0 Å². The molecule has 0 saturated carbocycles. The molecule has 0 fully saturated rings. The fourth-order valence-electron chi connectivity index (χ4n) is 8.59. The van der Waals surface area contributed by atoms with E-state index in [4.69, 9.17) is 45.4 Å². The molecule has 6 aromatic rings. The molecule has 0 aliphatic carbocycles. The number of nitrogens with zero attached hydrogens (tertiary/aromatic N) is 9. The summed E-state index contributed by atoms with van der Waals surface area (Å²) >= 11 is 6.47. The normalized spacial score (nSPS) is 12.3. The van der Waals surface area contributed by atoms with E-state index in [1.54, 1.807) is 83.7 Å². The summed E-state index contributed by atoms with van der Waals surface area (Å²) in [5, 5.41) is 23.7. The summed E-state index contributed by atoms with van der Waals surface area (Å²) in [6.45, 7) is 57.9. The summed E-state index contributed by atoms with van der Waals surface area (Å²) in [4.78, 5) is 44.6. The third-order valence-electron chi connectivity index (χ3n) is 14.0. The zero-order valence-electron chi connectivity index (χ0n) is 57.5. The maximum atomic E-state index is 12.7. The SMILES string of the molecule is Cc1nn(C)c(/C(OC(=O)C(C)(C)C)=C(/C#N)c2ccc(C(C)(C)C)cc2)c1C.[C-]#CC.[C-]#[N+]/C(=C(/OC(=O)C(C)(C)C)c1c(C)c(C)nn1C)c1ccc(C(C)(C)C)cc1.[C-]#[N+]/C(=C(/OC(C)=O)c1c(Cl)c(CC)nn1C)c1ccc(C(C)(C)C)cc1.[K+]. The maximum absolute atomic E-state index is 12.7. The molecule has 17 heteroatoms. The predicted octanol–water partition coefficient (Wildman–Crippen LogP) is 13.8. The second-order valence-electron chi connectivity index (χ2n) is 26.5. The van der Waals surface area contributed by atoms with Gasteiger partial charge >= 0.3 is 69.3 Å². The zero-order chi connectivity index (χ0) is 67.4. The minimum absolute atomic E-state index is 0. The Balaban J connectivity index is 0.000000442. The number of hydrogen-bond acceptors (Lipinski definition) is 10. The van der Waals surface area contributed by atoms with Crippen molar-refractivity contribution in [2.75, 3.05) is 0 Å². The van der Waals surface area contributed by atoms with Crippen molar-refractivity contribution in [1.82, 2.24) is 29.3 Å². The molecule has 0 unspecified atom stereocenters. The Hall–Kier alpha value is -7.12. The van der Waals surface area contributed by atoms with E-state index in [1.165, 1.54) is 18.1 Å². The van der Waals surface area contributed by atoms with Crippen molar-refractivity contribution in [2.24, 2.45) is 32.0 Å². The number of nitriles is 1. The fraction of sp³-hybridized carbons (Fsp3) is 0.431.